The van der Waals surface area contributed by atoms with E-state index in [1.165, 1.54) is 27.8 Å². The van der Waals surface area contributed by atoms with Crippen LogP contribution in [0.2, 0.25) is 0 Å². The van der Waals surface area contributed by atoms with Crippen molar-refractivity contribution < 1.29 is 14.6 Å². The van der Waals surface area contributed by atoms with Crippen molar-refractivity contribution in [3.8, 4) is 16.9 Å². The van der Waals surface area contributed by atoms with Gasteiger partial charge < -0.3 is 9.84 Å². The number of Topliss-reactive ketones (excluding diaryl/α,β-unsaturated/α-hetero) is 1. The molecule has 4 aromatic rings. The van der Waals surface area contributed by atoms with Crippen LogP contribution in [0, 0.1) is 13.8 Å². The van der Waals surface area contributed by atoms with Crippen LogP contribution in [0.5, 0.6) is 5.75 Å². The van der Waals surface area contributed by atoms with E-state index >= 15 is 0 Å². The number of carbonyl (C=O) groups is 1. The fourth-order valence-electron chi connectivity index (χ4n) is 3.63. The third-order valence-corrected chi connectivity index (χ3v) is 6.61. The Bertz CT molecular complexity index is 1360. The number of aromatic nitrogens is 2. The molecule has 1 atom stereocenters. The highest BCUT2D eigenvalue weighted by Crippen LogP contribution is 2.31. The highest BCUT2D eigenvalue weighted by Gasteiger charge is 2.16. The fourth-order valence-corrected chi connectivity index (χ4v) is 4.54. The third-order valence-electron chi connectivity index (χ3n) is 5.73. The molecule has 7 heteroatoms. The maximum absolute atomic E-state index is 13.2. The smallest absolute Gasteiger partial charge is 0.262 e. The molecule has 1 N–H and O–H groups in total. The van der Waals surface area contributed by atoms with Gasteiger partial charge in [0.2, 0.25) is 0 Å². The first-order valence-corrected chi connectivity index (χ1v) is 11.7. The minimum atomic E-state index is -0.900. The number of ketones is 1. The van der Waals surface area contributed by atoms with E-state index in [1.54, 1.807) is 24.3 Å². The van der Waals surface area contributed by atoms with Crippen LogP contribution in [0.15, 0.2) is 59.0 Å². The van der Waals surface area contributed by atoms with E-state index in [4.69, 9.17) is 4.74 Å². The summed E-state index contributed by atoms with van der Waals surface area (Å²) in [4.78, 5) is 30.1. The molecule has 1 unspecified atom stereocenters. The first kappa shape index (κ1) is 22.9. The average molecular weight is 463 g/mol. The highest BCUT2D eigenvalue weighted by molar-refractivity contribution is 7.17. The van der Waals surface area contributed by atoms with Crippen molar-refractivity contribution >= 4 is 27.3 Å². The van der Waals surface area contributed by atoms with Crippen LogP contribution in [0.1, 0.15) is 34.8 Å². The SMILES string of the molecule is CCC(=O)c1ccc(OCC(O)Cn2cnc3scc(-c4ccc(C)c(C)c4)c3c2=O)cc1. The number of carbonyl (C=O) groups excluding carboxylic acids is 1. The van der Waals surface area contributed by atoms with Crippen molar-refractivity contribution in [2.45, 2.75) is 39.8 Å². The Morgan fingerprint density at radius 3 is 2.61 bits per heavy atom. The van der Waals surface area contributed by atoms with E-state index in [-0.39, 0.29) is 24.5 Å². The number of hydrogen-bond acceptors (Lipinski definition) is 6. The standard InChI is InChI=1S/C26H26N2O4S/c1-4-23(30)18-7-9-21(10-8-18)32-13-20(29)12-28-15-27-25-24(26(28)31)22(14-33-25)19-6-5-16(2)17(3)11-19/h5-11,14-15,20,29H,4,12-13H2,1-3H3. The van der Waals surface area contributed by atoms with E-state index in [2.05, 4.69) is 31.0 Å². The molecular formula is C26H26N2O4S. The molecule has 0 saturated heterocycles. The summed E-state index contributed by atoms with van der Waals surface area (Å²) in [5, 5.41) is 13.0. The summed E-state index contributed by atoms with van der Waals surface area (Å²) < 4.78 is 7.07. The second-order valence-electron chi connectivity index (χ2n) is 8.10. The van der Waals surface area contributed by atoms with Crippen LogP contribution >= 0.6 is 11.3 Å². The normalized spacial score (nSPS) is 12.1. The predicted molar refractivity (Wildman–Crippen MR) is 131 cm³/mol. The number of fused-ring (bicyclic) bond motifs is 1. The van der Waals surface area contributed by atoms with Gasteiger partial charge in [0, 0.05) is 22.9 Å². The van der Waals surface area contributed by atoms with E-state index in [0.29, 0.717) is 28.0 Å². The number of hydrogen-bond donors (Lipinski definition) is 1. The monoisotopic (exact) mass is 462 g/mol. The Kier molecular flexibility index (Phi) is 6.72. The largest absolute Gasteiger partial charge is 0.491 e. The number of aliphatic hydroxyl groups is 1. The molecule has 2 aromatic heterocycles. The van der Waals surface area contributed by atoms with E-state index in [1.807, 2.05) is 18.4 Å². The number of aryl methyl sites for hydroxylation is 2. The Morgan fingerprint density at radius 1 is 1.15 bits per heavy atom. The molecular weight excluding hydrogens is 436 g/mol. The number of rotatable bonds is 8. The summed E-state index contributed by atoms with van der Waals surface area (Å²) in [6.07, 6.45) is 1.02. The van der Waals surface area contributed by atoms with Crippen molar-refractivity contribution in [2.75, 3.05) is 6.61 Å². The lowest BCUT2D eigenvalue weighted by atomic mass is 10.0. The Labute approximate surface area is 196 Å². The van der Waals surface area contributed by atoms with Gasteiger partial charge in [0.25, 0.3) is 5.56 Å². The summed E-state index contributed by atoms with van der Waals surface area (Å²) in [6.45, 7) is 6.01. The molecule has 0 aliphatic rings. The minimum absolute atomic E-state index is 0.0131. The topological polar surface area (TPSA) is 81.4 Å². The molecule has 0 radical (unpaired) electrons. The first-order chi connectivity index (χ1) is 15.9. The van der Waals surface area contributed by atoms with Crippen molar-refractivity contribution in [3.05, 3.63) is 81.2 Å². The van der Waals surface area contributed by atoms with Gasteiger partial charge in [-0.15, -0.1) is 11.3 Å². The molecule has 2 aromatic carbocycles. The van der Waals surface area contributed by atoms with Crippen molar-refractivity contribution in [2.24, 2.45) is 0 Å². The maximum Gasteiger partial charge on any atom is 0.262 e. The molecule has 0 fully saturated rings. The number of ether oxygens (including phenoxy) is 1. The Hall–Kier alpha value is -3.29. The van der Waals surface area contributed by atoms with E-state index < -0.39 is 6.10 Å². The van der Waals surface area contributed by atoms with Gasteiger partial charge >= 0.3 is 0 Å². The highest BCUT2D eigenvalue weighted by atomic mass is 32.1. The molecule has 0 saturated carbocycles. The van der Waals surface area contributed by atoms with E-state index in [0.717, 1.165) is 16.7 Å². The summed E-state index contributed by atoms with van der Waals surface area (Å²) in [6, 6.07) is 13.0. The molecule has 0 bridgehead atoms. The summed E-state index contributed by atoms with van der Waals surface area (Å²) >= 11 is 1.44. The summed E-state index contributed by atoms with van der Waals surface area (Å²) in [5.74, 6) is 0.620. The van der Waals surface area contributed by atoms with Crippen LogP contribution in [0.25, 0.3) is 21.3 Å². The van der Waals surface area contributed by atoms with Gasteiger partial charge in [-0.25, -0.2) is 4.98 Å². The molecule has 0 aliphatic carbocycles. The lowest BCUT2D eigenvalue weighted by Gasteiger charge is -2.14. The van der Waals surface area contributed by atoms with Gasteiger partial charge in [-0.2, -0.15) is 0 Å². The number of nitrogens with zero attached hydrogens (tertiary/aromatic N) is 2. The zero-order valence-electron chi connectivity index (χ0n) is 18.9. The third kappa shape index (κ3) is 4.89. The molecule has 0 aliphatic heterocycles. The molecule has 4 rings (SSSR count). The number of benzene rings is 2. The second kappa shape index (κ2) is 9.68. The van der Waals surface area contributed by atoms with Crippen LogP contribution in [-0.4, -0.2) is 33.2 Å². The number of aliphatic hydroxyl groups excluding tert-OH is 1. The van der Waals surface area contributed by atoms with Crippen molar-refractivity contribution in [3.63, 3.8) is 0 Å². The van der Waals surface area contributed by atoms with Gasteiger partial charge in [-0.1, -0.05) is 25.1 Å². The maximum atomic E-state index is 13.2. The van der Waals surface area contributed by atoms with Crippen LogP contribution in [0.4, 0.5) is 0 Å². The molecule has 6 nitrogen and oxygen atoms in total. The zero-order chi connectivity index (χ0) is 23.5. The van der Waals surface area contributed by atoms with Crippen LogP contribution in [-0.2, 0) is 6.54 Å². The van der Waals surface area contributed by atoms with Crippen molar-refractivity contribution in [1.82, 2.24) is 9.55 Å². The molecule has 0 amide bonds. The first-order valence-electron chi connectivity index (χ1n) is 10.9. The number of thiophene rings is 1. The lowest BCUT2D eigenvalue weighted by Crippen LogP contribution is -2.30. The molecule has 2 heterocycles. The van der Waals surface area contributed by atoms with Gasteiger partial charge in [-0.3, -0.25) is 14.2 Å². The van der Waals surface area contributed by atoms with Gasteiger partial charge in [0.15, 0.2) is 5.78 Å². The quantitative estimate of drug-likeness (QED) is 0.381. The van der Waals surface area contributed by atoms with Crippen LogP contribution in [0.3, 0.4) is 0 Å². The second-order valence-corrected chi connectivity index (χ2v) is 8.95. The molecule has 0 spiro atoms. The van der Waals surface area contributed by atoms with Gasteiger partial charge in [0.1, 0.15) is 23.3 Å². The van der Waals surface area contributed by atoms with Crippen molar-refractivity contribution in [1.29, 1.82) is 0 Å². The minimum Gasteiger partial charge on any atom is -0.491 e. The van der Waals surface area contributed by atoms with E-state index in [9.17, 15) is 14.7 Å². The average Bonchev–Trinajstić information content (AvgIpc) is 3.26. The molecule has 170 valence electrons. The van der Waals surface area contributed by atoms with Gasteiger partial charge in [0.05, 0.1) is 18.3 Å². The molecule has 33 heavy (non-hydrogen) atoms. The summed E-state index contributed by atoms with van der Waals surface area (Å²) in [5.41, 5.74) is 4.65. The lowest BCUT2D eigenvalue weighted by molar-refractivity contribution is 0.0913. The summed E-state index contributed by atoms with van der Waals surface area (Å²) in [7, 11) is 0. The fraction of sp³-hybridized carbons (Fsp3) is 0.269. The zero-order valence-corrected chi connectivity index (χ0v) is 19.7. The Balaban J connectivity index is 1.50. The van der Waals surface area contributed by atoms with Crippen LogP contribution < -0.4 is 10.3 Å². The predicted octanol–water partition coefficient (Wildman–Crippen LogP) is 4.77. The Morgan fingerprint density at radius 2 is 1.91 bits per heavy atom. The van der Waals surface area contributed by atoms with Gasteiger partial charge in [-0.05, 0) is 54.8 Å².